The van der Waals surface area contributed by atoms with Gasteiger partial charge in [0.15, 0.2) is 0 Å². The third kappa shape index (κ3) is 2.05. The van der Waals surface area contributed by atoms with Gasteiger partial charge in [0.25, 0.3) is 0 Å². The molecule has 0 radical (unpaired) electrons. The normalized spacial score (nSPS) is 11.0. The summed E-state index contributed by atoms with van der Waals surface area (Å²) in [5, 5.41) is 0. The summed E-state index contributed by atoms with van der Waals surface area (Å²) in [6, 6.07) is 0. The maximum absolute atomic E-state index is 13.0. The molecule has 2 nitrogen and oxygen atoms in total. The molecule has 13 heavy (non-hydrogen) atoms. The highest BCUT2D eigenvalue weighted by molar-refractivity contribution is 5.64. The summed E-state index contributed by atoms with van der Waals surface area (Å²) in [4.78, 5) is 3.74. The number of hydrogen-bond acceptors (Lipinski definition) is 2. The van der Waals surface area contributed by atoms with Crippen LogP contribution in [-0.2, 0) is 0 Å². The molecular formula is C10H13FN2. The Morgan fingerprint density at radius 3 is 2.92 bits per heavy atom. The predicted molar refractivity (Wildman–Crippen MR) is 52.7 cm³/mol. The van der Waals surface area contributed by atoms with Crippen LogP contribution in [0, 0.1) is 12.7 Å². The molecule has 0 amide bonds. The Hall–Kier alpha value is -1.38. The van der Waals surface area contributed by atoms with Crippen molar-refractivity contribution < 1.29 is 4.39 Å². The fourth-order valence-corrected chi connectivity index (χ4v) is 1.06. The minimum Gasteiger partial charge on any atom is -0.383 e. The van der Waals surface area contributed by atoms with Crippen LogP contribution in [0.25, 0.3) is 6.08 Å². The molecule has 0 aromatic carbocycles. The van der Waals surface area contributed by atoms with E-state index in [1.165, 1.54) is 0 Å². The van der Waals surface area contributed by atoms with E-state index in [0.717, 1.165) is 12.6 Å². The molecule has 0 spiro atoms. The third-order valence-electron chi connectivity index (χ3n) is 1.88. The van der Waals surface area contributed by atoms with Crippen molar-refractivity contribution in [3.05, 3.63) is 29.2 Å². The van der Waals surface area contributed by atoms with Gasteiger partial charge in [0, 0.05) is 5.56 Å². The van der Waals surface area contributed by atoms with Crippen LogP contribution in [0.2, 0.25) is 0 Å². The highest BCUT2D eigenvalue weighted by atomic mass is 19.1. The van der Waals surface area contributed by atoms with Crippen LogP contribution < -0.4 is 5.73 Å². The second kappa shape index (κ2) is 4.03. The van der Waals surface area contributed by atoms with Crippen molar-refractivity contribution in [1.29, 1.82) is 0 Å². The van der Waals surface area contributed by atoms with Gasteiger partial charge >= 0.3 is 0 Å². The van der Waals surface area contributed by atoms with Crippen molar-refractivity contribution in [2.45, 2.75) is 20.3 Å². The molecule has 0 fully saturated rings. The van der Waals surface area contributed by atoms with Gasteiger partial charge in [-0.05, 0) is 18.9 Å². The van der Waals surface area contributed by atoms with Gasteiger partial charge in [0.2, 0.25) is 0 Å². The monoisotopic (exact) mass is 180 g/mol. The van der Waals surface area contributed by atoms with E-state index in [1.807, 2.05) is 13.0 Å². The average Bonchev–Trinajstić information content (AvgIpc) is 2.12. The molecule has 0 aliphatic heterocycles. The maximum Gasteiger partial charge on any atom is 0.145 e. The van der Waals surface area contributed by atoms with E-state index in [1.54, 1.807) is 13.0 Å². The third-order valence-corrected chi connectivity index (χ3v) is 1.88. The molecule has 0 bridgehead atoms. The zero-order chi connectivity index (χ0) is 9.84. The van der Waals surface area contributed by atoms with Gasteiger partial charge < -0.3 is 5.73 Å². The van der Waals surface area contributed by atoms with Crippen molar-refractivity contribution in [1.82, 2.24) is 4.98 Å². The molecule has 1 rings (SSSR count). The predicted octanol–water partition coefficient (Wildman–Crippen LogP) is 2.53. The van der Waals surface area contributed by atoms with Gasteiger partial charge in [0.05, 0.1) is 6.20 Å². The minimum absolute atomic E-state index is 0.315. The molecule has 1 heterocycles. The van der Waals surface area contributed by atoms with Gasteiger partial charge in [-0.2, -0.15) is 0 Å². The van der Waals surface area contributed by atoms with Crippen molar-refractivity contribution in [3.63, 3.8) is 0 Å². The van der Waals surface area contributed by atoms with Gasteiger partial charge in [-0.15, -0.1) is 0 Å². The number of nitrogens with zero attached hydrogens (tertiary/aromatic N) is 1. The summed E-state index contributed by atoms with van der Waals surface area (Å²) in [5.74, 6) is 0.0635. The Bertz CT molecular complexity index is 332. The smallest absolute Gasteiger partial charge is 0.145 e. The van der Waals surface area contributed by atoms with E-state index < -0.39 is 0 Å². The van der Waals surface area contributed by atoms with Crippen LogP contribution >= 0.6 is 0 Å². The zero-order valence-corrected chi connectivity index (χ0v) is 7.84. The van der Waals surface area contributed by atoms with Crippen LogP contribution in [0.3, 0.4) is 0 Å². The highest BCUT2D eigenvalue weighted by Gasteiger charge is 2.05. The first kappa shape index (κ1) is 9.71. The first-order chi connectivity index (χ1) is 6.16. The second-order valence-electron chi connectivity index (χ2n) is 2.84. The lowest BCUT2D eigenvalue weighted by Gasteiger charge is -2.04. The molecule has 3 heteroatoms. The lowest BCUT2D eigenvalue weighted by atomic mass is 10.1. The number of halogens is 1. The summed E-state index contributed by atoms with van der Waals surface area (Å²) in [6.45, 7) is 3.71. The molecule has 1 aromatic rings. The van der Waals surface area contributed by atoms with Crippen LogP contribution in [0.15, 0.2) is 12.3 Å². The second-order valence-corrected chi connectivity index (χ2v) is 2.84. The Labute approximate surface area is 77.3 Å². The summed E-state index contributed by atoms with van der Waals surface area (Å²) < 4.78 is 13.0. The van der Waals surface area contributed by atoms with Crippen molar-refractivity contribution in [3.8, 4) is 0 Å². The molecule has 0 saturated carbocycles. The van der Waals surface area contributed by atoms with E-state index in [2.05, 4.69) is 4.98 Å². The van der Waals surface area contributed by atoms with E-state index in [0.29, 0.717) is 16.9 Å². The molecule has 2 N–H and O–H groups in total. The van der Waals surface area contributed by atoms with E-state index in [-0.39, 0.29) is 5.82 Å². The van der Waals surface area contributed by atoms with Gasteiger partial charge in [-0.1, -0.05) is 19.1 Å². The summed E-state index contributed by atoms with van der Waals surface area (Å²) in [5.41, 5.74) is 6.84. The first-order valence-electron chi connectivity index (χ1n) is 4.24. The minimum atomic E-state index is -0.315. The van der Waals surface area contributed by atoms with Crippen molar-refractivity contribution >= 4 is 11.9 Å². The molecule has 0 aliphatic carbocycles. The van der Waals surface area contributed by atoms with Gasteiger partial charge in [0.1, 0.15) is 11.6 Å². The Balaban J connectivity index is 3.17. The zero-order valence-electron chi connectivity index (χ0n) is 7.84. The highest BCUT2D eigenvalue weighted by Crippen LogP contribution is 2.18. The molecular weight excluding hydrogens is 167 g/mol. The topological polar surface area (TPSA) is 38.9 Å². The molecule has 0 saturated heterocycles. The lowest BCUT2D eigenvalue weighted by molar-refractivity contribution is 0.612. The SMILES string of the molecule is CC/C=C\c1c(N)ncc(F)c1C. The molecule has 1 aromatic heterocycles. The number of pyridine rings is 1. The average molecular weight is 180 g/mol. The standard InChI is InChI=1S/C10H13FN2/c1-3-4-5-8-7(2)9(11)6-13-10(8)12/h4-6H,3H2,1-2H3,(H2,12,13)/b5-4-. The van der Waals surface area contributed by atoms with Gasteiger partial charge in [-0.25, -0.2) is 9.37 Å². The lowest BCUT2D eigenvalue weighted by Crippen LogP contribution is -1.98. The number of nitrogens with two attached hydrogens (primary N) is 1. The number of hydrogen-bond donors (Lipinski definition) is 1. The number of nitrogen functional groups attached to an aromatic ring is 1. The fourth-order valence-electron chi connectivity index (χ4n) is 1.06. The van der Waals surface area contributed by atoms with Crippen LogP contribution in [0.5, 0.6) is 0 Å². The van der Waals surface area contributed by atoms with Crippen molar-refractivity contribution in [2.24, 2.45) is 0 Å². The molecule has 70 valence electrons. The first-order valence-corrected chi connectivity index (χ1v) is 4.24. The summed E-state index contributed by atoms with van der Waals surface area (Å²) in [7, 11) is 0. The number of aromatic nitrogens is 1. The molecule has 0 aliphatic rings. The Morgan fingerprint density at radius 1 is 1.62 bits per heavy atom. The Kier molecular flexibility index (Phi) is 3.01. The summed E-state index contributed by atoms with van der Waals surface area (Å²) >= 11 is 0. The van der Waals surface area contributed by atoms with Crippen LogP contribution in [0.1, 0.15) is 24.5 Å². The van der Waals surface area contributed by atoms with Crippen LogP contribution in [-0.4, -0.2) is 4.98 Å². The van der Waals surface area contributed by atoms with Gasteiger partial charge in [-0.3, -0.25) is 0 Å². The maximum atomic E-state index is 13.0. The van der Waals surface area contributed by atoms with Crippen LogP contribution in [0.4, 0.5) is 10.2 Å². The van der Waals surface area contributed by atoms with E-state index >= 15 is 0 Å². The summed E-state index contributed by atoms with van der Waals surface area (Å²) in [6.07, 6.45) is 5.78. The van der Waals surface area contributed by atoms with E-state index in [9.17, 15) is 4.39 Å². The molecule has 0 unspecified atom stereocenters. The fraction of sp³-hybridized carbons (Fsp3) is 0.300. The number of rotatable bonds is 2. The van der Waals surface area contributed by atoms with E-state index in [4.69, 9.17) is 5.73 Å². The number of anilines is 1. The number of allylic oxidation sites excluding steroid dienone is 1. The Morgan fingerprint density at radius 2 is 2.31 bits per heavy atom. The quantitative estimate of drug-likeness (QED) is 0.759. The molecule has 0 atom stereocenters. The largest absolute Gasteiger partial charge is 0.383 e. The van der Waals surface area contributed by atoms with Crippen molar-refractivity contribution in [2.75, 3.05) is 5.73 Å².